The molecule has 5 heterocycles. The highest BCUT2D eigenvalue weighted by atomic mass is 32.2. The number of nitrogens with one attached hydrogen (secondary N) is 1. The van der Waals surface area contributed by atoms with Gasteiger partial charge in [-0.3, -0.25) is 14.5 Å². The molecule has 0 saturated carbocycles. The number of carbonyl (C=O) groups excluding carboxylic acids is 2. The average Bonchev–Trinajstić information content (AvgIpc) is 3.50. The zero-order valence-corrected chi connectivity index (χ0v) is 22.6. The van der Waals surface area contributed by atoms with E-state index in [-0.39, 0.29) is 28.5 Å². The predicted molar refractivity (Wildman–Crippen MR) is 142 cm³/mol. The van der Waals surface area contributed by atoms with Crippen LogP contribution in [-0.2, 0) is 26.3 Å². The lowest BCUT2D eigenvalue weighted by Gasteiger charge is -2.49. The Morgan fingerprint density at radius 2 is 2.15 bits per heavy atom. The fourth-order valence-corrected chi connectivity index (χ4v) is 5.76. The number of carboxylic acids is 1. The molecule has 1 fully saturated rings. The summed E-state index contributed by atoms with van der Waals surface area (Å²) in [6, 6.07) is 2.75. The van der Waals surface area contributed by atoms with Gasteiger partial charge in [-0.25, -0.2) is 9.36 Å². The van der Waals surface area contributed by atoms with Crippen molar-refractivity contribution in [3.8, 4) is 0 Å². The first-order chi connectivity index (χ1) is 18.6. The summed E-state index contributed by atoms with van der Waals surface area (Å²) in [7, 11) is 1.91. The van der Waals surface area contributed by atoms with Crippen LogP contribution in [-0.4, -0.2) is 75.7 Å². The van der Waals surface area contributed by atoms with Gasteiger partial charge >= 0.3 is 11.6 Å². The van der Waals surface area contributed by atoms with Crippen LogP contribution < -0.4 is 15.6 Å². The van der Waals surface area contributed by atoms with Crippen LogP contribution in [0.25, 0.3) is 11.7 Å². The summed E-state index contributed by atoms with van der Waals surface area (Å²) in [4.78, 5) is 48.7. The summed E-state index contributed by atoms with van der Waals surface area (Å²) in [6.45, 7) is 3.46. The SMILES string of the molecule is CC(C)O/N=C(\C(=O)N[C@@H]1C(=O)N2C(C(=O)O)=C(/C=C/c3ccc4n(cc[n+]4C)n3)CS[C@H]12)c1nsc(N)n1. The number of allylic oxidation sites excluding steroid dienone is 1. The molecule has 2 atom stereocenters. The van der Waals surface area contributed by atoms with Gasteiger partial charge in [0.05, 0.1) is 7.05 Å². The van der Waals surface area contributed by atoms with Gasteiger partial charge in [-0.2, -0.15) is 9.36 Å². The highest BCUT2D eigenvalue weighted by molar-refractivity contribution is 8.00. The summed E-state index contributed by atoms with van der Waals surface area (Å²) in [6.07, 6.45) is 6.71. The molecule has 0 aromatic carbocycles. The number of aryl methyl sites for hydroxylation is 1. The number of β-lactam (4-membered cyclic amide) rings is 1. The van der Waals surface area contributed by atoms with Gasteiger partial charge in [0, 0.05) is 23.4 Å². The molecule has 5 rings (SSSR count). The Bertz CT molecular complexity index is 1570. The number of carboxylic acid groups (broad SMARTS) is 1. The van der Waals surface area contributed by atoms with Crippen LogP contribution in [0.15, 0.2) is 47.0 Å². The summed E-state index contributed by atoms with van der Waals surface area (Å²) < 4.78 is 7.64. The van der Waals surface area contributed by atoms with Gasteiger partial charge in [0.15, 0.2) is 11.3 Å². The van der Waals surface area contributed by atoms with Crippen molar-refractivity contribution in [3.05, 3.63) is 53.4 Å². The normalized spacial score (nSPS) is 19.5. The number of hydrogen-bond donors (Lipinski definition) is 3. The fraction of sp³-hybridized carbons (Fsp3) is 0.304. The van der Waals surface area contributed by atoms with Crippen molar-refractivity contribution in [2.45, 2.75) is 31.4 Å². The number of nitrogens with zero attached hydrogens (tertiary/aromatic N) is 7. The number of nitrogens with two attached hydrogens (primary N) is 1. The largest absolute Gasteiger partial charge is 0.477 e. The third kappa shape index (κ3) is 5.07. The van der Waals surface area contributed by atoms with E-state index in [4.69, 9.17) is 10.6 Å². The molecule has 2 amide bonds. The molecule has 202 valence electrons. The molecule has 1 saturated heterocycles. The number of carbonyl (C=O) groups is 3. The van der Waals surface area contributed by atoms with Gasteiger partial charge in [-0.1, -0.05) is 16.3 Å². The van der Waals surface area contributed by atoms with E-state index in [2.05, 4.69) is 24.9 Å². The summed E-state index contributed by atoms with van der Waals surface area (Å²) in [5.74, 6) is -2.26. The lowest BCUT2D eigenvalue weighted by Crippen LogP contribution is -2.71. The standard InChI is InChI=1S/C23H23N9O5S2/c1-11(2)37-28-15(18-26-23(24)39-29-18)19(33)25-16-20(34)32-17(22(35)36)12(10-38-21(16)32)4-5-13-6-7-14-30(3)8-9-31(14)27-13/h4-9,11,16,21H,10H2,1-3H3,(H3-,24,25,26,29,33,35,36)/p+1/b5-4+,28-15-/t16-,21-/m1/s1. The molecule has 0 unspecified atom stereocenters. The van der Waals surface area contributed by atoms with Gasteiger partial charge in [-0.05, 0) is 31.6 Å². The van der Waals surface area contributed by atoms with Gasteiger partial charge in [-0.15, -0.1) is 16.3 Å². The van der Waals surface area contributed by atoms with Crippen molar-refractivity contribution >= 4 is 63.6 Å². The Kier molecular flexibility index (Phi) is 7.05. The maximum atomic E-state index is 13.1. The minimum atomic E-state index is -1.24. The first kappa shape index (κ1) is 26.3. The molecule has 2 aliphatic heterocycles. The van der Waals surface area contributed by atoms with E-state index in [0.717, 1.165) is 17.2 Å². The second-order valence-corrected chi connectivity index (χ2v) is 10.8. The number of nitrogen functional groups attached to an aromatic ring is 1. The Morgan fingerprint density at radius 3 is 2.85 bits per heavy atom. The van der Waals surface area contributed by atoms with E-state index in [1.54, 1.807) is 30.5 Å². The number of amides is 2. The number of aliphatic carboxylic acids is 1. The third-order valence-corrected chi connectivity index (χ3v) is 7.66. The molecule has 0 bridgehead atoms. The molecule has 14 nitrogen and oxygen atoms in total. The quantitative estimate of drug-likeness (QED) is 0.146. The van der Waals surface area contributed by atoms with Gasteiger partial charge < -0.3 is 21.0 Å². The van der Waals surface area contributed by atoms with Crippen LogP contribution >= 0.6 is 23.3 Å². The number of aromatic nitrogens is 5. The number of thioether (sulfide) groups is 1. The summed E-state index contributed by atoms with van der Waals surface area (Å²) >= 11 is 2.22. The van der Waals surface area contributed by atoms with Crippen molar-refractivity contribution in [1.82, 2.24) is 29.2 Å². The highest BCUT2D eigenvalue weighted by Crippen LogP contribution is 2.40. The summed E-state index contributed by atoms with van der Waals surface area (Å²) in [5.41, 5.74) is 7.25. The molecule has 3 aromatic rings. The van der Waals surface area contributed by atoms with Crippen LogP contribution in [0, 0.1) is 0 Å². The van der Waals surface area contributed by atoms with Crippen molar-refractivity contribution < 1.29 is 28.9 Å². The van der Waals surface area contributed by atoms with Crippen LogP contribution in [0.5, 0.6) is 0 Å². The van der Waals surface area contributed by atoms with E-state index < -0.39 is 29.2 Å². The Hall–Kier alpha value is -4.31. The minimum absolute atomic E-state index is 0.0328. The molecule has 0 spiro atoms. The Morgan fingerprint density at radius 1 is 1.36 bits per heavy atom. The molecule has 39 heavy (non-hydrogen) atoms. The van der Waals surface area contributed by atoms with Gasteiger partial charge in [0.2, 0.25) is 11.5 Å². The predicted octanol–water partition coefficient (Wildman–Crippen LogP) is 0.174. The molecular weight excluding hydrogens is 546 g/mol. The first-order valence-corrected chi connectivity index (χ1v) is 13.5. The van der Waals surface area contributed by atoms with Crippen LogP contribution in [0.4, 0.5) is 5.13 Å². The lowest BCUT2D eigenvalue weighted by molar-refractivity contribution is -0.644. The first-order valence-electron chi connectivity index (χ1n) is 11.7. The number of hydrogen-bond acceptors (Lipinski definition) is 11. The minimum Gasteiger partial charge on any atom is -0.477 e. The maximum absolute atomic E-state index is 13.1. The van der Waals surface area contributed by atoms with E-state index in [1.807, 2.05) is 36.1 Å². The number of fused-ring (bicyclic) bond motifs is 2. The molecular formula is C23H24N9O5S2+. The number of rotatable bonds is 8. The molecule has 2 aliphatic rings. The second-order valence-electron chi connectivity index (χ2n) is 8.89. The van der Waals surface area contributed by atoms with E-state index in [1.165, 1.54) is 16.7 Å². The van der Waals surface area contributed by atoms with Crippen molar-refractivity contribution in [3.63, 3.8) is 0 Å². The van der Waals surface area contributed by atoms with Crippen LogP contribution in [0.2, 0.25) is 0 Å². The second kappa shape index (κ2) is 10.5. The summed E-state index contributed by atoms with van der Waals surface area (Å²) in [5, 5.41) is 20.4. The van der Waals surface area contributed by atoms with E-state index in [0.29, 0.717) is 17.0 Å². The van der Waals surface area contributed by atoms with Crippen LogP contribution in [0.3, 0.4) is 0 Å². The fourth-order valence-electron chi connectivity index (χ4n) is 4.00. The molecule has 0 aliphatic carbocycles. The van der Waals surface area contributed by atoms with Crippen LogP contribution in [0.1, 0.15) is 25.4 Å². The van der Waals surface area contributed by atoms with Gasteiger partial charge in [0.25, 0.3) is 11.8 Å². The topological polar surface area (TPSA) is 181 Å². The van der Waals surface area contributed by atoms with Gasteiger partial charge in [0.1, 0.15) is 35.1 Å². The number of imidazole rings is 1. The smallest absolute Gasteiger partial charge is 0.352 e. The monoisotopic (exact) mass is 570 g/mol. The Balaban J connectivity index is 1.35. The zero-order valence-electron chi connectivity index (χ0n) is 21.0. The third-order valence-electron chi connectivity index (χ3n) is 5.82. The molecule has 3 aromatic heterocycles. The zero-order chi connectivity index (χ0) is 27.8. The average molecular weight is 571 g/mol. The number of anilines is 1. The maximum Gasteiger partial charge on any atom is 0.352 e. The van der Waals surface area contributed by atoms with E-state index in [9.17, 15) is 19.5 Å². The van der Waals surface area contributed by atoms with Crippen molar-refractivity contribution in [1.29, 1.82) is 0 Å². The molecule has 16 heteroatoms. The molecule has 4 N–H and O–H groups in total. The Labute approximate surface area is 230 Å². The number of oxime groups is 1. The van der Waals surface area contributed by atoms with E-state index >= 15 is 0 Å². The highest BCUT2D eigenvalue weighted by Gasteiger charge is 2.54. The molecule has 0 radical (unpaired) electrons. The lowest BCUT2D eigenvalue weighted by atomic mass is 10.0. The van der Waals surface area contributed by atoms with Crippen molar-refractivity contribution in [2.24, 2.45) is 12.2 Å². The van der Waals surface area contributed by atoms with Crippen molar-refractivity contribution in [2.75, 3.05) is 11.5 Å².